The number of nitrogens with two attached hydrogens (primary N) is 2. The van der Waals surface area contributed by atoms with E-state index in [4.69, 9.17) is 11.5 Å². The fraction of sp³-hybridized carbons (Fsp3) is 0.474. The van der Waals surface area contributed by atoms with Gasteiger partial charge in [0.05, 0.1) is 36.8 Å². The molecule has 0 aliphatic rings. The van der Waals surface area contributed by atoms with E-state index in [1.807, 2.05) is 56.3 Å². The van der Waals surface area contributed by atoms with Crippen molar-refractivity contribution in [1.29, 1.82) is 0 Å². The smallest absolute Gasteiger partial charge is 0.253 e. The van der Waals surface area contributed by atoms with Gasteiger partial charge in [0, 0.05) is 25.2 Å². The number of carbonyl (C=O) groups is 5. The van der Waals surface area contributed by atoms with Gasteiger partial charge in [-0.25, -0.2) is 0 Å². The number of pyridine rings is 1. The van der Waals surface area contributed by atoms with E-state index in [0.29, 0.717) is 25.8 Å². The van der Waals surface area contributed by atoms with Crippen LogP contribution in [0.25, 0.3) is 10.8 Å². The number of primary amides is 1. The fourth-order valence-electron chi connectivity index (χ4n) is 5.93. The topological polar surface area (TPSA) is 239 Å². The largest absolute Gasteiger partial charge is 0.394 e. The maximum atomic E-state index is 14.0. The lowest BCUT2D eigenvalue weighted by atomic mass is 9.96. The van der Waals surface area contributed by atoms with Crippen LogP contribution in [0.1, 0.15) is 74.7 Å². The highest BCUT2D eigenvalue weighted by molar-refractivity contribution is 5.98. The highest BCUT2D eigenvalue weighted by Gasteiger charge is 2.32. The highest BCUT2D eigenvalue weighted by atomic mass is 16.3. The molecular weight excluding hydrogens is 666 g/mol. The predicted molar refractivity (Wildman–Crippen MR) is 197 cm³/mol. The van der Waals surface area contributed by atoms with Crippen LogP contribution >= 0.6 is 0 Å². The Balaban J connectivity index is 1.82. The molecule has 0 spiro atoms. The second-order valence-electron chi connectivity index (χ2n) is 13.4. The van der Waals surface area contributed by atoms with Crippen LogP contribution in [0.4, 0.5) is 0 Å². The van der Waals surface area contributed by atoms with Crippen molar-refractivity contribution in [3.8, 4) is 0 Å². The lowest BCUT2D eigenvalue weighted by Gasteiger charge is -2.29. The summed E-state index contributed by atoms with van der Waals surface area (Å²) >= 11 is 0. The summed E-state index contributed by atoms with van der Waals surface area (Å²) in [4.78, 5) is 69.7. The molecule has 52 heavy (non-hydrogen) atoms. The molecule has 2 aromatic carbocycles. The lowest BCUT2D eigenvalue weighted by Crippen LogP contribution is -2.57. The van der Waals surface area contributed by atoms with Gasteiger partial charge in [0.25, 0.3) is 5.91 Å². The Kier molecular flexibility index (Phi) is 17.1. The molecule has 0 unspecified atom stereocenters. The lowest BCUT2D eigenvalue weighted by molar-refractivity contribution is -0.132. The molecule has 14 nitrogen and oxygen atoms in total. The van der Waals surface area contributed by atoms with E-state index >= 15 is 0 Å². The Morgan fingerprint density at radius 2 is 1.58 bits per heavy atom. The molecule has 14 heteroatoms. The molecule has 0 aliphatic carbocycles. The van der Waals surface area contributed by atoms with Crippen molar-refractivity contribution in [1.82, 2.24) is 26.3 Å². The van der Waals surface area contributed by atoms with Gasteiger partial charge in [0.1, 0.15) is 12.1 Å². The van der Waals surface area contributed by atoms with E-state index < -0.39 is 59.8 Å². The summed E-state index contributed by atoms with van der Waals surface area (Å²) in [6.45, 7) is 4.00. The molecule has 1 heterocycles. The highest BCUT2D eigenvalue weighted by Crippen LogP contribution is 2.20. The SMILES string of the molecule is CC(C)C[C@H](NC(=O)[C@H](CCC(N)=O)NC(=O)[C@H](Cc1cccc2ccccc12)NC(=O)c1cccnc1)[C@@H](O)CC(=O)N[C@H](CO)CCCCN. The first-order valence-corrected chi connectivity index (χ1v) is 17.8. The third-order valence-electron chi connectivity index (χ3n) is 8.67. The van der Waals surface area contributed by atoms with Gasteiger partial charge >= 0.3 is 0 Å². The van der Waals surface area contributed by atoms with Gasteiger partial charge in [-0.3, -0.25) is 29.0 Å². The summed E-state index contributed by atoms with van der Waals surface area (Å²) in [5.41, 5.74) is 12.0. The number of aromatic nitrogens is 1. The van der Waals surface area contributed by atoms with Gasteiger partial charge in [-0.05, 0) is 66.6 Å². The minimum absolute atomic E-state index is 0.00381. The number of unbranched alkanes of at least 4 members (excludes halogenated alkanes) is 1. The molecule has 5 atom stereocenters. The van der Waals surface area contributed by atoms with Crippen molar-refractivity contribution in [2.45, 2.75) is 95.5 Å². The van der Waals surface area contributed by atoms with Gasteiger partial charge in [0.15, 0.2) is 0 Å². The van der Waals surface area contributed by atoms with Crippen LogP contribution in [0, 0.1) is 5.92 Å². The average molecular weight is 720 g/mol. The summed E-state index contributed by atoms with van der Waals surface area (Å²) in [5.74, 6) is -3.12. The summed E-state index contributed by atoms with van der Waals surface area (Å²) in [6.07, 6.45) is 3.19. The van der Waals surface area contributed by atoms with Crippen molar-refractivity contribution >= 4 is 40.3 Å². The second-order valence-corrected chi connectivity index (χ2v) is 13.4. The normalized spacial score (nSPS) is 14.1. The third-order valence-corrected chi connectivity index (χ3v) is 8.67. The number of benzene rings is 2. The van der Waals surface area contributed by atoms with Crippen LogP contribution in [-0.4, -0.2) is 88.2 Å². The number of aliphatic hydroxyl groups excluding tert-OH is 2. The molecule has 282 valence electrons. The van der Waals surface area contributed by atoms with Gasteiger partial charge in [-0.1, -0.05) is 62.7 Å². The number of nitrogens with zero attached hydrogens (tertiary/aromatic N) is 1. The average Bonchev–Trinajstić information content (AvgIpc) is 3.12. The van der Waals surface area contributed by atoms with Gasteiger partial charge in [-0.15, -0.1) is 0 Å². The van der Waals surface area contributed by atoms with Gasteiger partial charge in [0.2, 0.25) is 23.6 Å². The first kappa shape index (κ1) is 41.5. The molecule has 0 bridgehead atoms. The summed E-state index contributed by atoms with van der Waals surface area (Å²) in [5, 5.41) is 33.6. The van der Waals surface area contributed by atoms with Crippen molar-refractivity contribution in [3.63, 3.8) is 0 Å². The second kappa shape index (κ2) is 21.4. The molecule has 1 aromatic heterocycles. The van der Waals surface area contributed by atoms with Crippen LogP contribution in [0.2, 0.25) is 0 Å². The van der Waals surface area contributed by atoms with Crippen molar-refractivity contribution in [2.24, 2.45) is 17.4 Å². The molecule has 10 N–H and O–H groups in total. The maximum absolute atomic E-state index is 14.0. The quantitative estimate of drug-likeness (QED) is 0.0696. The molecular formula is C38H53N7O7. The molecule has 0 aliphatic heterocycles. The van der Waals surface area contributed by atoms with Crippen molar-refractivity contribution in [3.05, 3.63) is 78.1 Å². The van der Waals surface area contributed by atoms with Crippen LogP contribution in [0.5, 0.6) is 0 Å². The standard InChI is InChI=1S/C38H53N7O7/c1-24(2)19-31(33(47)21-35(49)42-28(23-46)13-5-6-17-39)44-37(51)30(15-16-34(40)48)43-38(52)32(45-36(50)27-12-8-18-41-22-27)20-26-11-7-10-25-9-3-4-14-29(25)26/h3-4,7-12,14,18,22,24,28,30-33,46-47H,5-6,13,15-17,19-21,23,39H2,1-2H3,(H2,40,48)(H,42,49)(H,43,52)(H,44,51)(H,45,50)/t28-,30-,31-,32-,33-/m0/s1. The zero-order valence-electron chi connectivity index (χ0n) is 29.9. The minimum atomic E-state index is -1.31. The number of rotatable bonds is 22. The van der Waals surface area contributed by atoms with Gasteiger partial charge in [-0.2, -0.15) is 0 Å². The van der Waals surface area contributed by atoms with Crippen LogP contribution in [-0.2, 0) is 25.6 Å². The van der Waals surface area contributed by atoms with Crippen molar-refractivity contribution in [2.75, 3.05) is 13.2 Å². The Morgan fingerprint density at radius 1 is 0.846 bits per heavy atom. The van der Waals surface area contributed by atoms with Crippen LogP contribution in [0.15, 0.2) is 67.0 Å². The molecule has 5 amide bonds. The molecule has 3 aromatic rings. The molecule has 3 rings (SSSR count). The molecule has 0 fully saturated rings. The number of aliphatic hydroxyl groups is 2. The van der Waals surface area contributed by atoms with E-state index in [1.165, 1.54) is 12.4 Å². The molecule has 0 radical (unpaired) electrons. The van der Waals surface area contributed by atoms with Crippen molar-refractivity contribution < 1.29 is 34.2 Å². The first-order chi connectivity index (χ1) is 24.9. The summed E-state index contributed by atoms with van der Waals surface area (Å²) in [7, 11) is 0. The van der Waals surface area contributed by atoms with Gasteiger partial charge < -0.3 is 42.9 Å². The van der Waals surface area contributed by atoms with E-state index in [9.17, 15) is 34.2 Å². The number of hydrogen-bond acceptors (Lipinski definition) is 9. The first-order valence-electron chi connectivity index (χ1n) is 17.8. The number of fused-ring (bicyclic) bond motifs is 1. The zero-order valence-corrected chi connectivity index (χ0v) is 29.9. The Labute approximate surface area is 304 Å². The number of carbonyl (C=O) groups excluding carboxylic acids is 5. The third kappa shape index (κ3) is 13.7. The fourth-order valence-corrected chi connectivity index (χ4v) is 5.93. The number of amides is 5. The number of hydrogen-bond donors (Lipinski definition) is 8. The summed E-state index contributed by atoms with van der Waals surface area (Å²) in [6, 6.07) is 12.6. The molecule has 0 saturated heterocycles. The van der Waals surface area contributed by atoms with E-state index in [0.717, 1.165) is 22.8 Å². The Morgan fingerprint density at radius 3 is 2.25 bits per heavy atom. The summed E-state index contributed by atoms with van der Waals surface area (Å²) < 4.78 is 0. The zero-order chi connectivity index (χ0) is 38.0. The van der Waals surface area contributed by atoms with E-state index in [1.54, 1.807) is 12.1 Å². The number of nitrogens with one attached hydrogen (secondary N) is 4. The van der Waals surface area contributed by atoms with Crippen LogP contribution < -0.4 is 32.7 Å². The van der Waals surface area contributed by atoms with Crippen LogP contribution in [0.3, 0.4) is 0 Å². The molecule has 0 saturated carbocycles. The van der Waals surface area contributed by atoms with E-state index in [2.05, 4.69) is 26.3 Å². The minimum Gasteiger partial charge on any atom is -0.394 e. The maximum Gasteiger partial charge on any atom is 0.253 e. The monoisotopic (exact) mass is 719 g/mol. The van der Waals surface area contributed by atoms with E-state index in [-0.39, 0.29) is 43.8 Å². The predicted octanol–water partition coefficient (Wildman–Crippen LogP) is 1.21. The Bertz CT molecular complexity index is 1620. The Hall–Kier alpha value is -4.92.